The van der Waals surface area contributed by atoms with Crippen molar-refractivity contribution in [2.75, 3.05) is 5.73 Å². The van der Waals surface area contributed by atoms with Crippen molar-refractivity contribution in [1.29, 1.82) is 0 Å². The van der Waals surface area contributed by atoms with Gasteiger partial charge in [0.2, 0.25) is 0 Å². The SMILES string of the molecule is Nc1cccc(OS(=O)(=O)S)c1. The summed E-state index contributed by atoms with van der Waals surface area (Å²) < 4.78 is 25.5. The highest BCUT2D eigenvalue weighted by Gasteiger charge is 2.04. The van der Waals surface area contributed by atoms with E-state index in [9.17, 15) is 8.42 Å². The molecule has 0 spiro atoms. The number of nitrogens with two attached hydrogens (primary N) is 1. The van der Waals surface area contributed by atoms with Crippen LogP contribution in [0.4, 0.5) is 5.69 Å². The van der Waals surface area contributed by atoms with Crippen molar-refractivity contribution in [3.05, 3.63) is 24.3 Å². The molecule has 6 heteroatoms. The second-order valence-corrected chi connectivity index (χ2v) is 4.45. The van der Waals surface area contributed by atoms with Crippen molar-refractivity contribution < 1.29 is 12.6 Å². The lowest BCUT2D eigenvalue weighted by Crippen LogP contribution is -2.00. The van der Waals surface area contributed by atoms with Crippen LogP contribution in [0.25, 0.3) is 0 Å². The third kappa shape index (κ3) is 3.02. The van der Waals surface area contributed by atoms with Crippen LogP contribution in [0.1, 0.15) is 0 Å². The van der Waals surface area contributed by atoms with Crippen LogP contribution in [0.2, 0.25) is 0 Å². The van der Waals surface area contributed by atoms with Crippen molar-refractivity contribution in [2.24, 2.45) is 0 Å². The van der Waals surface area contributed by atoms with E-state index in [0.29, 0.717) is 5.69 Å². The molecule has 0 aliphatic carbocycles. The van der Waals surface area contributed by atoms with Crippen molar-refractivity contribution in [2.45, 2.75) is 0 Å². The third-order valence-electron chi connectivity index (χ3n) is 1.06. The van der Waals surface area contributed by atoms with Crippen molar-refractivity contribution in [3.63, 3.8) is 0 Å². The number of hydrogen-bond acceptors (Lipinski definition) is 4. The van der Waals surface area contributed by atoms with Gasteiger partial charge in [0, 0.05) is 11.8 Å². The standard InChI is InChI=1S/C6H7NO3S2/c7-5-2-1-3-6(4-5)10-12(8,9)11/h1-4H,7H2,(H,8,9,11). The zero-order chi connectivity index (χ0) is 9.19. The fourth-order valence-electron chi connectivity index (χ4n) is 0.688. The average molecular weight is 205 g/mol. The molecule has 0 bridgehead atoms. The zero-order valence-corrected chi connectivity index (χ0v) is 7.68. The van der Waals surface area contributed by atoms with E-state index in [1.807, 2.05) is 0 Å². The smallest absolute Gasteiger partial charge is 0.363 e. The lowest BCUT2D eigenvalue weighted by molar-refractivity contribution is 0.505. The molecule has 0 atom stereocenters. The van der Waals surface area contributed by atoms with Crippen molar-refractivity contribution >= 4 is 26.5 Å². The Labute approximate surface area is 75.3 Å². The molecule has 66 valence electrons. The van der Waals surface area contributed by atoms with Gasteiger partial charge < -0.3 is 9.92 Å². The van der Waals surface area contributed by atoms with Crippen LogP contribution < -0.4 is 9.92 Å². The van der Waals surface area contributed by atoms with E-state index in [2.05, 4.69) is 15.8 Å². The van der Waals surface area contributed by atoms with Gasteiger partial charge in [0.25, 0.3) is 0 Å². The van der Waals surface area contributed by atoms with Gasteiger partial charge in [-0.15, -0.1) is 0 Å². The van der Waals surface area contributed by atoms with E-state index >= 15 is 0 Å². The highest BCUT2D eigenvalue weighted by molar-refractivity contribution is 8.61. The number of nitrogen functional groups attached to an aromatic ring is 1. The second-order valence-electron chi connectivity index (χ2n) is 2.08. The third-order valence-corrected chi connectivity index (χ3v) is 1.69. The first kappa shape index (κ1) is 9.21. The van der Waals surface area contributed by atoms with E-state index in [-0.39, 0.29) is 5.75 Å². The fourth-order valence-corrected chi connectivity index (χ4v) is 1.29. The number of hydrogen-bond donors (Lipinski definition) is 2. The van der Waals surface area contributed by atoms with Crippen LogP contribution in [0.15, 0.2) is 24.3 Å². The predicted octanol–water partition coefficient (Wildman–Crippen LogP) is 0.822. The maximum Gasteiger partial charge on any atom is 0.363 e. The molecule has 4 nitrogen and oxygen atoms in total. The lowest BCUT2D eigenvalue weighted by Gasteiger charge is -2.01. The van der Waals surface area contributed by atoms with E-state index < -0.39 is 9.15 Å². The molecule has 0 radical (unpaired) electrons. The Balaban J connectivity index is 2.91. The normalized spacial score (nSPS) is 11.1. The largest absolute Gasteiger partial charge is 0.399 e. The van der Waals surface area contributed by atoms with Gasteiger partial charge in [-0.25, -0.2) is 0 Å². The molecule has 1 aromatic carbocycles. The molecule has 2 N–H and O–H groups in total. The highest BCUT2D eigenvalue weighted by atomic mass is 33.1. The van der Waals surface area contributed by atoms with E-state index in [1.54, 1.807) is 12.1 Å². The van der Waals surface area contributed by atoms with E-state index in [1.165, 1.54) is 12.1 Å². The Morgan fingerprint density at radius 1 is 1.42 bits per heavy atom. The Morgan fingerprint density at radius 3 is 2.58 bits per heavy atom. The van der Waals surface area contributed by atoms with Gasteiger partial charge in [-0.05, 0) is 23.8 Å². The Bertz CT molecular complexity index is 374. The molecule has 0 heterocycles. The van der Waals surface area contributed by atoms with E-state index in [4.69, 9.17) is 5.73 Å². The van der Waals surface area contributed by atoms with Crippen LogP contribution in [0, 0.1) is 0 Å². The van der Waals surface area contributed by atoms with Crippen molar-refractivity contribution in [3.8, 4) is 5.75 Å². The summed E-state index contributed by atoms with van der Waals surface area (Å²) >= 11 is 3.21. The monoisotopic (exact) mass is 205 g/mol. The highest BCUT2D eigenvalue weighted by Crippen LogP contribution is 2.17. The van der Waals surface area contributed by atoms with Gasteiger partial charge in [-0.3, -0.25) is 0 Å². The summed E-state index contributed by atoms with van der Waals surface area (Å²) in [6.45, 7) is 0. The summed E-state index contributed by atoms with van der Waals surface area (Å²) in [5, 5.41) is 0. The quantitative estimate of drug-likeness (QED) is 0.426. The summed E-state index contributed by atoms with van der Waals surface area (Å²) in [4.78, 5) is 0. The van der Waals surface area contributed by atoms with Crippen LogP contribution in [-0.4, -0.2) is 8.42 Å². The Hall–Kier alpha value is -0.880. The lowest BCUT2D eigenvalue weighted by atomic mass is 10.3. The van der Waals surface area contributed by atoms with Crippen molar-refractivity contribution in [1.82, 2.24) is 0 Å². The first-order chi connectivity index (χ1) is 5.47. The fraction of sp³-hybridized carbons (Fsp3) is 0. The van der Waals surface area contributed by atoms with Crippen LogP contribution in [0.5, 0.6) is 5.75 Å². The minimum absolute atomic E-state index is 0.157. The molecule has 12 heavy (non-hydrogen) atoms. The Kier molecular flexibility index (Phi) is 2.49. The van der Waals surface area contributed by atoms with Crippen LogP contribution in [0.3, 0.4) is 0 Å². The van der Waals surface area contributed by atoms with Crippen LogP contribution in [-0.2, 0) is 9.15 Å². The molecule has 0 fully saturated rings. The van der Waals surface area contributed by atoms with E-state index in [0.717, 1.165) is 0 Å². The summed E-state index contributed by atoms with van der Waals surface area (Å²) in [5.41, 5.74) is 5.81. The first-order valence-corrected chi connectivity index (χ1v) is 5.46. The minimum Gasteiger partial charge on any atom is -0.399 e. The molecule has 0 unspecified atom stereocenters. The maximum atomic E-state index is 10.5. The molecule has 0 aromatic heterocycles. The zero-order valence-electron chi connectivity index (χ0n) is 5.97. The van der Waals surface area contributed by atoms with Gasteiger partial charge in [0.1, 0.15) is 5.75 Å². The average Bonchev–Trinajstić information content (AvgIpc) is 1.82. The molecular formula is C6H7NO3S2. The van der Waals surface area contributed by atoms with Gasteiger partial charge in [-0.1, -0.05) is 6.07 Å². The molecule has 1 rings (SSSR count). The maximum absolute atomic E-state index is 10.5. The van der Waals surface area contributed by atoms with Gasteiger partial charge in [-0.2, -0.15) is 8.42 Å². The van der Waals surface area contributed by atoms with Gasteiger partial charge >= 0.3 is 9.15 Å². The number of anilines is 1. The number of thiol groups is 1. The topological polar surface area (TPSA) is 69.4 Å². The summed E-state index contributed by atoms with van der Waals surface area (Å²) in [5.74, 6) is 0.157. The molecular weight excluding hydrogens is 198 g/mol. The van der Waals surface area contributed by atoms with Gasteiger partial charge in [0.05, 0.1) is 0 Å². The summed E-state index contributed by atoms with van der Waals surface area (Å²) in [6, 6.07) is 6.08. The van der Waals surface area contributed by atoms with Crippen LogP contribution >= 0.6 is 11.7 Å². The number of rotatable bonds is 2. The number of benzene rings is 1. The predicted molar refractivity (Wildman–Crippen MR) is 49.4 cm³/mol. The first-order valence-electron chi connectivity index (χ1n) is 3.00. The second kappa shape index (κ2) is 3.24. The molecule has 0 saturated carbocycles. The van der Waals surface area contributed by atoms with Gasteiger partial charge in [0.15, 0.2) is 0 Å². The molecule has 1 aromatic rings. The molecule has 0 aliphatic rings. The minimum atomic E-state index is -3.76. The molecule has 0 amide bonds. The summed E-state index contributed by atoms with van der Waals surface area (Å²) in [7, 11) is -3.76. The molecule has 0 saturated heterocycles. The molecule has 0 aliphatic heterocycles. The summed E-state index contributed by atoms with van der Waals surface area (Å²) in [6.07, 6.45) is 0. The Morgan fingerprint density at radius 2 is 2.08 bits per heavy atom.